The Balaban J connectivity index is 1.59. The van der Waals surface area contributed by atoms with Crippen molar-refractivity contribution in [2.45, 2.75) is 19.0 Å². The first-order valence-electron chi connectivity index (χ1n) is 10.4. The summed E-state index contributed by atoms with van der Waals surface area (Å²) >= 11 is 0. The number of nitrogens with two attached hydrogens (primary N) is 1. The number of pyridine rings is 1. The number of nitrogens with one attached hydrogen (secondary N) is 3. The van der Waals surface area contributed by atoms with E-state index in [0.29, 0.717) is 40.6 Å². The first-order chi connectivity index (χ1) is 15.5. The maximum Gasteiger partial charge on any atom is 0.270 e. The lowest BCUT2D eigenvalue weighted by atomic mass is 10.1. The largest absolute Gasteiger partial charge is 0.386 e. The number of carbonyl (C=O) groups is 1. The highest BCUT2D eigenvalue weighted by Gasteiger charge is 2.26. The number of aromatic nitrogens is 4. The number of nitrogens with zero attached hydrogens (tertiary/aromatic N) is 4. The average molecular weight is 434 g/mol. The molecule has 1 aliphatic heterocycles. The first kappa shape index (κ1) is 20.1. The van der Waals surface area contributed by atoms with Crippen LogP contribution in [0.1, 0.15) is 22.7 Å². The smallest absolute Gasteiger partial charge is 0.270 e. The van der Waals surface area contributed by atoms with E-state index in [1.54, 1.807) is 31.4 Å². The van der Waals surface area contributed by atoms with Crippen molar-refractivity contribution in [2.75, 3.05) is 30.4 Å². The van der Waals surface area contributed by atoms with Crippen LogP contribution >= 0.6 is 0 Å². The van der Waals surface area contributed by atoms with Crippen LogP contribution in [0.2, 0.25) is 0 Å². The molecule has 0 spiro atoms. The van der Waals surface area contributed by atoms with Gasteiger partial charge in [-0.05, 0) is 30.7 Å². The Morgan fingerprint density at radius 1 is 1.34 bits per heavy atom. The number of amides is 1. The summed E-state index contributed by atoms with van der Waals surface area (Å²) in [6.07, 6.45) is 2.41. The number of hydrogen-bond acceptors (Lipinski definition) is 7. The van der Waals surface area contributed by atoms with Crippen molar-refractivity contribution >= 4 is 39.3 Å². The molecule has 5 N–H and O–H groups in total. The van der Waals surface area contributed by atoms with Crippen LogP contribution in [0.3, 0.4) is 0 Å². The first-order valence-corrected chi connectivity index (χ1v) is 10.4. The molecule has 1 amide bonds. The number of carbonyl (C=O) groups excluding carboxylic acids is 1. The highest BCUT2D eigenvalue weighted by Crippen LogP contribution is 2.36. The monoisotopic (exact) mass is 434 g/mol. The molecule has 32 heavy (non-hydrogen) atoms. The van der Waals surface area contributed by atoms with Gasteiger partial charge in [-0.3, -0.25) is 9.78 Å². The summed E-state index contributed by atoms with van der Waals surface area (Å²) in [6, 6.07) is 8.11. The summed E-state index contributed by atoms with van der Waals surface area (Å²) in [6.45, 7) is 1.52. The molecule has 0 saturated carbocycles. The fourth-order valence-corrected chi connectivity index (χ4v) is 4.12. The zero-order valence-electron chi connectivity index (χ0n) is 17.5. The lowest BCUT2D eigenvalue weighted by molar-refractivity contribution is 0.0945. The van der Waals surface area contributed by atoms with Crippen LogP contribution in [0.15, 0.2) is 36.5 Å². The van der Waals surface area contributed by atoms with Gasteiger partial charge in [0, 0.05) is 37.8 Å². The molecule has 9 nitrogen and oxygen atoms in total. The van der Waals surface area contributed by atoms with Crippen molar-refractivity contribution in [3.8, 4) is 0 Å². The molecule has 4 heterocycles. The summed E-state index contributed by atoms with van der Waals surface area (Å²) in [7, 11) is 1.74. The van der Waals surface area contributed by atoms with E-state index < -0.39 is 0 Å². The number of anilines is 2. The highest BCUT2D eigenvalue weighted by molar-refractivity contribution is 6.14. The highest BCUT2D eigenvalue weighted by atomic mass is 19.1. The van der Waals surface area contributed by atoms with Crippen LogP contribution in [0.4, 0.5) is 15.9 Å². The number of benzene rings is 1. The predicted octanol–water partition coefficient (Wildman–Crippen LogP) is 2.15. The van der Waals surface area contributed by atoms with Gasteiger partial charge in [-0.1, -0.05) is 6.07 Å². The van der Waals surface area contributed by atoms with Crippen LogP contribution < -0.4 is 21.3 Å². The SMILES string of the molecule is CNc1cc(F)cc2c1[nH]c1nc(CNC(=O)c3ccccn3)nc(N3CCC(N)C3)c12. The summed E-state index contributed by atoms with van der Waals surface area (Å²) in [5, 5.41) is 7.28. The molecule has 164 valence electrons. The Morgan fingerprint density at radius 3 is 2.94 bits per heavy atom. The van der Waals surface area contributed by atoms with Gasteiger partial charge < -0.3 is 26.3 Å². The van der Waals surface area contributed by atoms with E-state index in [9.17, 15) is 9.18 Å². The summed E-state index contributed by atoms with van der Waals surface area (Å²) < 4.78 is 14.3. The second-order valence-electron chi connectivity index (χ2n) is 7.83. The molecule has 4 aromatic rings. The zero-order valence-corrected chi connectivity index (χ0v) is 17.5. The van der Waals surface area contributed by atoms with Gasteiger partial charge in [0.1, 0.15) is 23.0 Å². The average Bonchev–Trinajstić information content (AvgIpc) is 3.40. The van der Waals surface area contributed by atoms with Crippen LogP contribution in [-0.2, 0) is 6.54 Å². The second kappa shape index (κ2) is 8.04. The van der Waals surface area contributed by atoms with Crippen LogP contribution in [0.5, 0.6) is 0 Å². The maximum atomic E-state index is 14.3. The van der Waals surface area contributed by atoms with Gasteiger partial charge in [0.15, 0.2) is 5.82 Å². The molecule has 1 saturated heterocycles. The van der Waals surface area contributed by atoms with Crippen molar-refractivity contribution in [2.24, 2.45) is 5.73 Å². The van der Waals surface area contributed by atoms with Gasteiger partial charge in [-0.2, -0.15) is 0 Å². The minimum atomic E-state index is -0.349. The molecular formula is C22H23FN8O. The van der Waals surface area contributed by atoms with Gasteiger partial charge in [0.2, 0.25) is 0 Å². The van der Waals surface area contributed by atoms with Crippen molar-refractivity contribution in [3.63, 3.8) is 0 Å². The molecule has 1 atom stereocenters. The number of aromatic amines is 1. The Morgan fingerprint density at radius 2 is 2.22 bits per heavy atom. The van der Waals surface area contributed by atoms with Crippen molar-refractivity contribution in [1.82, 2.24) is 25.3 Å². The van der Waals surface area contributed by atoms with Gasteiger partial charge in [0.05, 0.1) is 23.1 Å². The van der Waals surface area contributed by atoms with E-state index in [1.165, 1.54) is 12.1 Å². The van der Waals surface area contributed by atoms with Gasteiger partial charge in [-0.25, -0.2) is 14.4 Å². The lowest BCUT2D eigenvalue weighted by Gasteiger charge is -2.19. The maximum absolute atomic E-state index is 14.3. The van der Waals surface area contributed by atoms with Crippen LogP contribution in [0.25, 0.3) is 21.9 Å². The van der Waals surface area contributed by atoms with Crippen LogP contribution in [0, 0.1) is 5.82 Å². The standard InChI is InChI=1S/C22H23FN8O/c1-25-16-9-12(23)8-14-18-20(30-19(14)16)28-17(29-21(18)31-7-5-13(24)11-31)10-27-22(32)15-4-2-3-6-26-15/h2-4,6,8-9,13,25H,5,7,10-11,24H2,1H3,(H,27,32)(H,28,29,30). The molecule has 10 heteroatoms. The number of hydrogen-bond donors (Lipinski definition) is 4. The number of H-pyrrole nitrogens is 1. The Labute approximate surface area is 183 Å². The topological polar surface area (TPSA) is 125 Å². The van der Waals surface area contributed by atoms with Gasteiger partial charge in [0.25, 0.3) is 5.91 Å². The summed E-state index contributed by atoms with van der Waals surface area (Å²) in [5.74, 6) is 0.466. The van der Waals surface area contributed by atoms with E-state index in [4.69, 9.17) is 10.7 Å². The third kappa shape index (κ3) is 3.58. The van der Waals surface area contributed by atoms with Gasteiger partial charge in [-0.15, -0.1) is 0 Å². The molecule has 0 aliphatic carbocycles. The summed E-state index contributed by atoms with van der Waals surface area (Å²) in [4.78, 5) is 31.2. The van der Waals surface area contributed by atoms with E-state index in [-0.39, 0.29) is 24.3 Å². The number of rotatable bonds is 5. The van der Waals surface area contributed by atoms with Crippen molar-refractivity contribution < 1.29 is 9.18 Å². The molecule has 1 aliphatic rings. The molecule has 0 radical (unpaired) electrons. The molecule has 5 rings (SSSR count). The molecule has 1 fully saturated rings. The number of halogens is 1. The van der Waals surface area contributed by atoms with E-state index in [1.807, 2.05) is 0 Å². The third-order valence-corrected chi connectivity index (χ3v) is 5.65. The second-order valence-corrected chi connectivity index (χ2v) is 7.83. The normalized spacial score (nSPS) is 16.1. The fraction of sp³-hybridized carbons (Fsp3) is 0.273. The minimum absolute atomic E-state index is 0.0436. The number of fused-ring (bicyclic) bond motifs is 3. The quantitative estimate of drug-likeness (QED) is 0.379. The molecule has 1 unspecified atom stereocenters. The van der Waals surface area contributed by atoms with E-state index >= 15 is 0 Å². The molecule has 0 bridgehead atoms. The Bertz CT molecular complexity index is 1310. The van der Waals surface area contributed by atoms with E-state index in [2.05, 4.69) is 30.5 Å². The lowest BCUT2D eigenvalue weighted by Crippen LogP contribution is -2.28. The fourth-order valence-electron chi connectivity index (χ4n) is 4.12. The Kier molecular flexibility index (Phi) is 5.06. The third-order valence-electron chi connectivity index (χ3n) is 5.65. The van der Waals surface area contributed by atoms with Crippen molar-refractivity contribution in [3.05, 3.63) is 53.9 Å². The zero-order chi connectivity index (χ0) is 22.2. The van der Waals surface area contributed by atoms with Gasteiger partial charge >= 0.3 is 0 Å². The molecule has 3 aromatic heterocycles. The van der Waals surface area contributed by atoms with E-state index in [0.717, 1.165) is 23.9 Å². The van der Waals surface area contributed by atoms with Crippen LogP contribution in [-0.4, -0.2) is 52.0 Å². The summed E-state index contributed by atoms with van der Waals surface area (Å²) in [5.41, 5.74) is 8.41. The molecular weight excluding hydrogens is 411 g/mol. The Hall–Kier alpha value is -3.79. The minimum Gasteiger partial charge on any atom is -0.386 e. The predicted molar refractivity (Wildman–Crippen MR) is 121 cm³/mol. The van der Waals surface area contributed by atoms with Crippen molar-refractivity contribution in [1.29, 1.82) is 0 Å². The molecule has 1 aromatic carbocycles.